The fraction of sp³-hybridized carbons (Fsp3) is 0.429. The summed E-state index contributed by atoms with van der Waals surface area (Å²) in [6.45, 7) is 4.92. The Morgan fingerprint density at radius 3 is 2.00 bits per heavy atom. The summed E-state index contributed by atoms with van der Waals surface area (Å²) in [4.78, 5) is 6.05. The van der Waals surface area contributed by atoms with E-state index in [1.807, 2.05) is 6.07 Å². The molecule has 0 aliphatic carbocycles. The molecule has 2 aromatic carbocycles. The van der Waals surface area contributed by atoms with Gasteiger partial charge in [0.2, 0.25) is 0 Å². The molecule has 0 saturated heterocycles. The minimum atomic E-state index is 0.665. The van der Waals surface area contributed by atoms with Gasteiger partial charge in [0.1, 0.15) is 0 Å². The number of rotatable bonds is 11. The Kier molecular flexibility index (Phi) is 8.46. The van der Waals surface area contributed by atoms with E-state index in [1.165, 1.54) is 30.4 Å². The highest BCUT2D eigenvalue weighted by Gasteiger charge is 2.06. The van der Waals surface area contributed by atoms with Crippen molar-refractivity contribution in [2.75, 3.05) is 13.1 Å². The molecule has 0 aliphatic heterocycles. The summed E-state index contributed by atoms with van der Waals surface area (Å²) >= 11 is 0. The Morgan fingerprint density at radius 2 is 1.35 bits per heavy atom. The third-order valence-electron chi connectivity index (χ3n) is 3.98. The molecule has 0 bridgehead atoms. The Morgan fingerprint density at radius 1 is 0.739 bits per heavy atom. The van der Waals surface area contributed by atoms with Gasteiger partial charge in [-0.25, -0.2) is 0 Å². The summed E-state index contributed by atoms with van der Waals surface area (Å²) in [5.41, 5.74) is 2.64. The number of unbranched alkanes of at least 4 members (excludes halogenated alkanes) is 2. The quantitative estimate of drug-likeness (QED) is 0.415. The van der Waals surface area contributed by atoms with Crippen molar-refractivity contribution in [1.82, 2.24) is 5.06 Å². The number of aryl methyl sites for hydroxylation is 1. The van der Waals surface area contributed by atoms with Crippen molar-refractivity contribution in [3.63, 3.8) is 0 Å². The maximum atomic E-state index is 6.05. The third kappa shape index (κ3) is 7.45. The maximum Gasteiger partial charge on any atom is 0.0935 e. The zero-order valence-electron chi connectivity index (χ0n) is 14.3. The summed E-state index contributed by atoms with van der Waals surface area (Å²) < 4.78 is 0. The van der Waals surface area contributed by atoms with Crippen LogP contribution in [0.3, 0.4) is 0 Å². The van der Waals surface area contributed by atoms with Crippen LogP contribution >= 0.6 is 0 Å². The summed E-state index contributed by atoms with van der Waals surface area (Å²) in [7, 11) is 0. The van der Waals surface area contributed by atoms with Crippen LogP contribution in [-0.2, 0) is 17.9 Å². The summed E-state index contributed by atoms with van der Waals surface area (Å²) in [5, 5.41) is 2.16. The molecule has 0 N–H and O–H groups in total. The number of benzene rings is 2. The lowest BCUT2D eigenvalue weighted by Gasteiger charge is -2.22. The monoisotopic (exact) mass is 311 g/mol. The van der Waals surface area contributed by atoms with E-state index < -0.39 is 0 Å². The number of hydroxylamine groups is 2. The van der Waals surface area contributed by atoms with Crippen LogP contribution in [0.5, 0.6) is 0 Å². The van der Waals surface area contributed by atoms with E-state index in [0.29, 0.717) is 6.61 Å². The van der Waals surface area contributed by atoms with Gasteiger partial charge in [0, 0.05) is 13.1 Å². The van der Waals surface area contributed by atoms with Crippen molar-refractivity contribution in [2.24, 2.45) is 0 Å². The molecule has 0 radical (unpaired) electrons. The Labute approximate surface area is 141 Å². The molecule has 23 heavy (non-hydrogen) atoms. The molecule has 0 heterocycles. The molecule has 2 aromatic rings. The fourth-order valence-corrected chi connectivity index (χ4v) is 2.62. The molecule has 0 fully saturated rings. The van der Waals surface area contributed by atoms with E-state index in [4.69, 9.17) is 4.84 Å². The Balaban J connectivity index is 1.76. The van der Waals surface area contributed by atoms with Crippen molar-refractivity contribution < 1.29 is 4.84 Å². The second kappa shape index (κ2) is 11.0. The summed E-state index contributed by atoms with van der Waals surface area (Å²) in [5.74, 6) is 0. The maximum absolute atomic E-state index is 6.05. The highest BCUT2D eigenvalue weighted by Crippen LogP contribution is 2.08. The van der Waals surface area contributed by atoms with Crippen LogP contribution in [0.25, 0.3) is 0 Å². The van der Waals surface area contributed by atoms with Crippen LogP contribution in [0, 0.1) is 0 Å². The van der Waals surface area contributed by atoms with Gasteiger partial charge in [0.25, 0.3) is 0 Å². The van der Waals surface area contributed by atoms with Crippen molar-refractivity contribution in [1.29, 1.82) is 0 Å². The molecule has 0 atom stereocenters. The van der Waals surface area contributed by atoms with Crippen LogP contribution in [0.2, 0.25) is 0 Å². The molecular formula is C21H29NO. The van der Waals surface area contributed by atoms with Crippen LogP contribution in [0.1, 0.15) is 43.7 Å². The van der Waals surface area contributed by atoms with Crippen LogP contribution < -0.4 is 0 Å². The highest BCUT2D eigenvalue weighted by atomic mass is 16.7. The molecule has 0 spiro atoms. The first kappa shape index (κ1) is 17.7. The average molecular weight is 311 g/mol. The fourth-order valence-electron chi connectivity index (χ4n) is 2.62. The van der Waals surface area contributed by atoms with E-state index in [-0.39, 0.29) is 0 Å². The molecular weight excluding hydrogens is 282 g/mol. The minimum absolute atomic E-state index is 0.665. The molecule has 2 rings (SSSR count). The van der Waals surface area contributed by atoms with Gasteiger partial charge in [0.15, 0.2) is 0 Å². The topological polar surface area (TPSA) is 12.5 Å². The second-order valence-corrected chi connectivity index (χ2v) is 5.98. The van der Waals surface area contributed by atoms with Crippen molar-refractivity contribution in [3.05, 3.63) is 71.8 Å². The first-order valence-corrected chi connectivity index (χ1v) is 8.84. The van der Waals surface area contributed by atoms with Gasteiger partial charge in [-0.1, -0.05) is 80.4 Å². The zero-order chi connectivity index (χ0) is 16.2. The normalized spacial score (nSPS) is 11.0. The van der Waals surface area contributed by atoms with Gasteiger partial charge in [-0.2, -0.15) is 5.06 Å². The molecule has 0 amide bonds. The molecule has 0 aromatic heterocycles. The third-order valence-corrected chi connectivity index (χ3v) is 3.98. The van der Waals surface area contributed by atoms with Crippen LogP contribution in [0.4, 0.5) is 0 Å². The SMILES string of the molecule is CCCCCN(CCCc1ccccc1)OCc1ccccc1. The lowest BCUT2D eigenvalue weighted by atomic mass is 10.1. The molecule has 2 nitrogen and oxygen atoms in total. The largest absolute Gasteiger partial charge is 0.294 e. The van der Waals surface area contributed by atoms with E-state index in [1.54, 1.807) is 0 Å². The van der Waals surface area contributed by atoms with Gasteiger partial charge in [0.05, 0.1) is 6.61 Å². The molecule has 0 saturated carbocycles. The first-order chi connectivity index (χ1) is 11.4. The number of hydrogen-bond donors (Lipinski definition) is 0. The Bertz CT molecular complexity index is 512. The van der Waals surface area contributed by atoms with Crippen molar-refractivity contribution in [3.8, 4) is 0 Å². The molecule has 0 unspecified atom stereocenters. The van der Waals surface area contributed by atoms with Crippen LogP contribution in [-0.4, -0.2) is 18.2 Å². The van der Waals surface area contributed by atoms with Gasteiger partial charge < -0.3 is 0 Å². The van der Waals surface area contributed by atoms with E-state index >= 15 is 0 Å². The number of hydrogen-bond acceptors (Lipinski definition) is 2. The summed E-state index contributed by atoms with van der Waals surface area (Å²) in [6.07, 6.45) is 5.96. The van der Waals surface area contributed by atoms with Gasteiger partial charge in [-0.15, -0.1) is 0 Å². The molecule has 2 heteroatoms. The van der Waals surface area contributed by atoms with Gasteiger partial charge in [-0.3, -0.25) is 4.84 Å². The lowest BCUT2D eigenvalue weighted by molar-refractivity contribution is -0.170. The van der Waals surface area contributed by atoms with E-state index in [2.05, 4.69) is 66.6 Å². The summed E-state index contributed by atoms with van der Waals surface area (Å²) in [6, 6.07) is 21.1. The predicted octanol–water partition coefficient (Wildman–Crippen LogP) is 5.24. The van der Waals surface area contributed by atoms with Gasteiger partial charge in [-0.05, 0) is 30.4 Å². The second-order valence-electron chi connectivity index (χ2n) is 5.98. The van der Waals surface area contributed by atoms with E-state index in [9.17, 15) is 0 Å². The standard InChI is InChI=1S/C21H29NO/c1-2-3-10-17-22(23-19-21-14-8-5-9-15-21)18-11-16-20-12-6-4-7-13-20/h4-9,12-15H,2-3,10-11,16-19H2,1H3. The lowest BCUT2D eigenvalue weighted by Crippen LogP contribution is -2.26. The predicted molar refractivity (Wildman–Crippen MR) is 97.1 cm³/mol. The average Bonchev–Trinajstić information content (AvgIpc) is 2.61. The minimum Gasteiger partial charge on any atom is -0.294 e. The Hall–Kier alpha value is -1.64. The highest BCUT2D eigenvalue weighted by molar-refractivity contribution is 5.14. The molecule has 0 aliphatic rings. The number of nitrogens with zero attached hydrogens (tertiary/aromatic N) is 1. The smallest absolute Gasteiger partial charge is 0.0935 e. The molecule has 124 valence electrons. The zero-order valence-corrected chi connectivity index (χ0v) is 14.3. The van der Waals surface area contributed by atoms with Gasteiger partial charge >= 0.3 is 0 Å². The van der Waals surface area contributed by atoms with Crippen molar-refractivity contribution in [2.45, 2.75) is 45.6 Å². The first-order valence-electron chi connectivity index (χ1n) is 8.84. The van der Waals surface area contributed by atoms with E-state index in [0.717, 1.165) is 25.9 Å². The van der Waals surface area contributed by atoms with Crippen molar-refractivity contribution >= 4 is 0 Å². The van der Waals surface area contributed by atoms with Crippen LogP contribution in [0.15, 0.2) is 60.7 Å².